The van der Waals surface area contributed by atoms with Crippen LogP contribution in [0.15, 0.2) is 48.8 Å². The van der Waals surface area contributed by atoms with Gasteiger partial charge in [-0.15, -0.1) is 0 Å². The van der Waals surface area contributed by atoms with E-state index in [1.54, 1.807) is 31.1 Å². The van der Waals surface area contributed by atoms with Gasteiger partial charge in [-0.3, -0.25) is 4.98 Å². The monoisotopic (exact) mass is 379 g/mol. The minimum atomic E-state index is -1.02. The van der Waals surface area contributed by atoms with Crippen molar-refractivity contribution in [2.24, 2.45) is 0 Å². The van der Waals surface area contributed by atoms with E-state index in [0.29, 0.717) is 13.1 Å². The van der Waals surface area contributed by atoms with Crippen LogP contribution < -0.4 is 4.90 Å². The van der Waals surface area contributed by atoms with Gasteiger partial charge in [0.1, 0.15) is 12.2 Å². The Hall–Kier alpha value is -3.04. The molecule has 1 aliphatic rings. The largest absolute Gasteiger partial charge is 0.445 e. The summed E-state index contributed by atoms with van der Waals surface area (Å²) in [5.41, 5.74) is 1.81. The molecule has 1 aromatic heterocycles. The highest BCUT2D eigenvalue weighted by molar-refractivity contribution is 5.68. The lowest BCUT2D eigenvalue weighted by Crippen LogP contribution is -2.48. The third kappa shape index (κ3) is 5.73. The van der Waals surface area contributed by atoms with E-state index in [1.807, 2.05) is 36.4 Å². The zero-order valence-electron chi connectivity index (χ0n) is 16.3. The van der Waals surface area contributed by atoms with Crippen molar-refractivity contribution in [1.82, 2.24) is 9.88 Å². The Morgan fingerprint density at radius 3 is 2.36 bits per heavy atom. The van der Waals surface area contributed by atoms with Crippen LogP contribution in [0.4, 0.5) is 10.5 Å². The molecule has 2 aromatic rings. The third-order valence-electron chi connectivity index (χ3n) is 4.39. The number of rotatable bonds is 3. The van der Waals surface area contributed by atoms with Crippen molar-refractivity contribution in [3.8, 4) is 11.8 Å². The maximum atomic E-state index is 12.3. The summed E-state index contributed by atoms with van der Waals surface area (Å²) in [6.45, 7) is 6.32. The van der Waals surface area contributed by atoms with Gasteiger partial charge in [0.2, 0.25) is 0 Å². The van der Waals surface area contributed by atoms with E-state index >= 15 is 0 Å². The number of benzene rings is 1. The summed E-state index contributed by atoms with van der Waals surface area (Å²) >= 11 is 0. The normalized spacial score (nSPS) is 14.2. The number of pyridine rings is 1. The molecule has 0 radical (unpaired) electrons. The first-order valence-electron chi connectivity index (χ1n) is 9.32. The molecule has 0 aliphatic carbocycles. The second-order valence-corrected chi connectivity index (χ2v) is 7.24. The van der Waals surface area contributed by atoms with Crippen molar-refractivity contribution < 1.29 is 14.6 Å². The second-order valence-electron chi connectivity index (χ2n) is 7.24. The molecule has 0 atom stereocenters. The van der Waals surface area contributed by atoms with Gasteiger partial charge >= 0.3 is 6.09 Å². The molecule has 28 heavy (non-hydrogen) atoms. The number of hydrogen-bond donors (Lipinski definition) is 1. The fourth-order valence-electron chi connectivity index (χ4n) is 2.85. The molecule has 0 saturated carbocycles. The van der Waals surface area contributed by atoms with Crippen molar-refractivity contribution in [1.29, 1.82) is 0 Å². The number of carbonyl (C=O) groups excluding carboxylic acids is 1. The highest BCUT2D eigenvalue weighted by Crippen LogP contribution is 2.15. The Balaban J connectivity index is 1.46. The van der Waals surface area contributed by atoms with Crippen molar-refractivity contribution in [2.45, 2.75) is 26.1 Å². The summed E-state index contributed by atoms with van der Waals surface area (Å²) < 4.78 is 5.45. The third-order valence-corrected chi connectivity index (χ3v) is 4.39. The van der Waals surface area contributed by atoms with Crippen LogP contribution in [-0.2, 0) is 11.3 Å². The molecule has 1 saturated heterocycles. The van der Waals surface area contributed by atoms with Gasteiger partial charge in [0.15, 0.2) is 0 Å². The Kier molecular flexibility index (Phi) is 6.17. The number of carbonyl (C=O) groups is 1. The van der Waals surface area contributed by atoms with Crippen LogP contribution in [0.5, 0.6) is 0 Å². The number of nitrogens with zero attached hydrogens (tertiary/aromatic N) is 3. The summed E-state index contributed by atoms with van der Waals surface area (Å²) in [6.07, 6.45) is 3.26. The van der Waals surface area contributed by atoms with Crippen molar-refractivity contribution >= 4 is 11.8 Å². The molecule has 1 aromatic carbocycles. The van der Waals surface area contributed by atoms with E-state index in [4.69, 9.17) is 4.74 Å². The van der Waals surface area contributed by atoms with E-state index in [1.165, 1.54) is 0 Å². The fraction of sp³-hybridized carbons (Fsp3) is 0.364. The Labute approximate surface area is 165 Å². The van der Waals surface area contributed by atoms with Crippen LogP contribution in [0.1, 0.15) is 25.0 Å². The summed E-state index contributed by atoms with van der Waals surface area (Å²) in [7, 11) is 0. The molecule has 2 heterocycles. The van der Waals surface area contributed by atoms with Crippen LogP contribution in [0.25, 0.3) is 0 Å². The van der Waals surface area contributed by atoms with Crippen molar-refractivity contribution in [3.63, 3.8) is 0 Å². The maximum absolute atomic E-state index is 12.3. The highest BCUT2D eigenvalue weighted by atomic mass is 16.6. The minimum Gasteiger partial charge on any atom is -0.445 e. The van der Waals surface area contributed by atoms with Crippen LogP contribution in [0.3, 0.4) is 0 Å². The van der Waals surface area contributed by atoms with Gasteiger partial charge in [0.05, 0.1) is 0 Å². The molecule has 1 fully saturated rings. The lowest BCUT2D eigenvalue weighted by Gasteiger charge is -2.35. The first kappa shape index (κ1) is 19.7. The van der Waals surface area contributed by atoms with Crippen LogP contribution >= 0.6 is 0 Å². The highest BCUT2D eigenvalue weighted by Gasteiger charge is 2.22. The molecule has 1 amide bonds. The van der Waals surface area contributed by atoms with Crippen LogP contribution in [0, 0.1) is 11.8 Å². The molecule has 146 valence electrons. The lowest BCUT2D eigenvalue weighted by molar-refractivity contribution is 0.0942. The van der Waals surface area contributed by atoms with E-state index in [2.05, 4.69) is 21.7 Å². The van der Waals surface area contributed by atoms with E-state index < -0.39 is 5.60 Å². The average Bonchev–Trinajstić information content (AvgIpc) is 2.71. The van der Waals surface area contributed by atoms with Gasteiger partial charge in [-0.1, -0.05) is 24.0 Å². The van der Waals surface area contributed by atoms with Gasteiger partial charge in [-0.25, -0.2) is 4.79 Å². The van der Waals surface area contributed by atoms with Gasteiger partial charge < -0.3 is 19.6 Å². The van der Waals surface area contributed by atoms with E-state index in [-0.39, 0.29) is 12.7 Å². The number of hydrogen-bond acceptors (Lipinski definition) is 5. The maximum Gasteiger partial charge on any atom is 0.410 e. The fourth-order valence-corrected chi connectivity index (χ4v) is 2.85. The molecule has 3 rings (SSSR count). The predicted molar refractivity (Wildman–Crippen MR) is 108 cm³/mol. The number of aliphatic hydroxyl groups is 1. The summed E-state index contributed by atoms with van der Waals surface area (Å²) in [4.78, 5) is 20.3. The summed E-state index contributed by atoms with van der Waals surface area (Å²) in [5.74, 6) is 5.69. The van der Waals surface area contributed by atoms with Crippen molar-refractivity contribution in [3.05, 3.63) is 59.9 Å². The molecule has 0 bridgehead atoms. The summed E-state index contributed by atoms with van der Waals surface area (Å²) in [5, 5.41) is 9.64. The Morgan fingerprint density at radius 2 is 1.75 bits per heavy atom. The molecule has 0 spiro atoms. The number of aromatic nitrogens is 1. The lowest BCUT2D eigenvalue weighted by atomic mass is 10.1. The van der Waals surface area contributed by atoms with E-state index in [0.717, 1.165) is 29.9 Å². The van der Waals surface area contributed by atoms with E-state index in [9.17, 15) is 9.90 Å². The minimum absolute atomic E-state index is 0.225. The molecule has 1 N–H and O–H groups in total. The Morgan fingerprint density at radius 1 is 1.11 bits per heavy atom. The summed E-state index contributed by atoms with van der Waals surface area (Å²) in [6, 6.07) is 11.4. The average molecular weight is 379 g/mol. The zero-order chi connectivity index (χ0) is 20.0. The quantitative estimate of drug-likeness (QED) is 0.831. The molecule has 0 unspecified atom stereocenters. The number of piperazine rings is 1. The first-order chi connectivity index (χ1) is 13.4. The second kappa shape index (κ2) is 8.77. The van der Waals surface area contributed by atoms with Gasteiger partial charge in [-0.05, 0) is 43.7 Å². The van der Waals surface area contributed by atoms with Crippen molar-refractivity contribution in [2.75, 3.05) is 31.1 Å². The molecule has 6 nitrogen and oxygen atoms in total. The standard InChI is InChI=1S/C22H25N3O3/c1-22(2,27)10-7-18-3-5-19(6-4-18)17-28-21(26)25-15-13-24(14-16-25)20-8-11-23-12-9-20/h3-6,8-9,11-12,27H,13-17H2,1-2H3. The van der Waals surface area contributed by atoms with Gasteiger partial charge in [0.25, 0.3) is 0 Å². The smallest absolute Gasteiger partial charge is 0.410 e. The van der Waals surface area contributed by atoms with Gasteiger partial charge in [-0.2, -0.15) is 0 Å². The number of anilines is 1. The van der Waals surface area contributed by atoms with Crippen LogP contribution in [0.2, 0.25) is 0 Å². The predicted octanol–water partition coefficient (Wildman–Crippen LogP) is 2.66. The molecule has 6 heteroatoms. The Bertz CT molecular complexity index is 841. The molecular weight excluding hydrogens is 354 g/mol. The number of ether oxygens (including phenoxy) is 1. The SMILES string of the molecule is CC(C)(O)C#Cc1ccc(COC(=O)N2CCN(c3ccncc3)CC2)cc1. The first-order valence-corrected chi connectivity index (χ1v) is 9.32. The number of amides is 1. The molecule has 1 aliphatic heterocycles. The topological polar surface area (TPSA) is 65.9 Å². The molecular formula is C22H25N3O3. The zero-order valence-corrected chi connectivity index (χ0v) is 16.3. The van der Waals surface area contributed by atoms with Crippen LogP contribution in [-0.4, -0.2) is 52.9 Å². The van der Waals surface area contributed by atoms with Gasteiger partial charge in [0, 0.05) is 49.8 Å².